The molecule has 0 spiro atoms. The van der Waals surface area contributed by atoms with Gasteiger partial charge in [-0.2, -0.15) is 0 Å². The van der Waals surface area contributed by atoms with Crippen LogP contribution in [0.25, 0.3) is 0 Å². The van der Waals surface area contributed by atoms with E-state index in [1.165, 1.54) is 32.9 Å². The molecule has 1 N–H and O–H groups in total. The number of carbonyl (C=O) groups excluding carboxylic acids is 3. The summed E-state index contributed by atoms with van der Waals surface area (Å²) in [5.41, 5.74) is 0.478. The Labute approximate surface area is 195 Å². The fourth-order valence-corrected chi connectivity index (χ4v) is 5.02. The number of rotatable bonds is 5. The Balaban J connectivity index is 1.57. The molecular formula is C22H26N4O4S2. The summed E-state index contributed by atoms with van der Waals surface area (Å²) in [5.74, 6) is 0.249. The van der Waals surface area contributed by atoms with E-state index in [-0.39, 0.29) is 17.9 Å². The van der Waals surface area contributed by atoms with Crippen LogP contribution in [0.15, 0.2) is 35.8 Å². The third kappa shape index (κ3) is 5.24. The maximum atomic E-state index is 13.6. The van der Waals surface area contributed by atoms with Crippen molar-refractivity contribution >= 4 is 51.8 Å². The molecule has 2 fully saturated rings. The number of benzene rings is 1. The number of amides is 3. The fraction of sp³-hybridized carbons (Fsp3) is 0.455. The molecule has 1 saturated carbocycles. The highest BCUT2D eigenvalue weighted by molar-refractivity contribution is 8.00. The van der Waals surface area contributed by atoms with Crippen LogP contribution in [0.1, 0.15) is 44.0 Å². The third-order valence-electron chi connectivity index (χ3n) is 4.86. The second-order valence-electron chi connectivity index (χ2n) is 8.68. The number of nitrogens with zero attached hydrogens (tertiary/aromatic N) is 3. The molecule has 4 rings (SSSR count). The van der Waals surface area contributed by atoms with E-state index in [1.54, 1.807) is 56.6 Å². The lowest BCUT2D eigenvalue weighted by Gasteiger charge is -2.30. The highest BCUT2D eigenvalue weighted by atomic mass is 32.2. The summed E-state index contributed by atoms with van der Waals surface area (Å²) in [5, 5.41) is 4.54. The Hall–Kier alpha value is -2.59. The van der Waals surface area contributed by atoms with Crippen LogP contribution in [0.3, 0.4) is 0 Å². The van der Waals surface area contributed by atoms with Crippen molar-refractivity contribution in [2.45, 2.75) is 50.6 Å². The quantitative estimate of drug-likeness (QED) is 0.704. The number of nitrogens with one attached hydrogen (secondary N) is 1. The van der Waals surface area contributed by atoms with Gasteiger partial charge in [0.2, 0.25) is 0 Å². The van der Waals surface area contributed by atoms with E-state index >= 15 is 0 Å². The summed E-state index contributed by atoms with van der Waals surface area (Å²) in [4.78, 5) is 45.9. The minimum atomic E-state index is -0.716. The van der Waals surface area contributed by atoms with Crippen LogP contribution in [0, 0.1) is 0 Å². The van der Waals surface area contributed by atoms with Crippen molar-refractivity contribution < 1.29 is 19.1 Å². The first-order valence-corrected chi connectivity index (χ1v) is 12.4. The summed E-state index contributed by atoms with van der Waals surface area (Å²) in [7, 11) is 0. The van der Waals surface area contributed by atoms with Crippen LogP contribution in [0.4, 0.5) is 15.6 Å². The molecular weight excluding hydrogens is 448 g/mol. The first-order chi connectivity index (χ1) is 15.2. The zero-order valence-electron chi connectivity index (χ0n) is 18.2. The highest BCUT2D eigenvalue weighted by Crippen LogP contribution is 2.34. The smallest absolute Gasteiger partial charge is 0.411 e. The normalized spacial score (nSPS) is 18.3. The summed E-state index contributed by atoms with van der Waals surface area (Å²) in [6, 6.07) is 7.15. The van der Waals surface area contributed by atoms with Crippen molar-refractivity contribution in [3.8, 4) is 0 Å². The number of hydrogen-bond donors (Lipinski definition) is 1. The monoisotopic (exact) mass is 474 g/mol. The molecule has 1 aliphatic carbocycles. The predicted molar refractivity (Wildman–Crippen MR) is 125 cm³/mol. The van der Waals surface area contributed by atoms with E-state index in [2.05, 4.69) is 10.3 Å². The Kier molecular flexibility index (Phi) is 6.43. The van der Waals surface area contributed by atoms with Crippen molar-refractivity contribution in [3.05, 3.63) is 41.4 Å². The molecule has 1 unspecified atom stereocenters. The first-order valence-electron chi connectivity index (χ1n) is 10.5. The van der Waals surface area contributed by atoms with E-state index < -0.39 is 17.1 Å². The van der Waals surface area contributed by atoms with Gasteiger partial charge in [-0.1, -0.05) is 0 Å². The molecule has 170 valence electrons. The van der Waals surface area contributed by atoms with Crippen molar-refractivity contribution in [1.29, 1.82) is 0 Å². The summed E-state index contributed by atoms with van der Waals surface area (Å²) >= 11 is 2.73. The van der Waals surface area contributed by atoms with Crippen LogP contribution in [0.5, 0.6) is 0 Å². The maximum absolute atomic E-state index is 13.6. The lowest BCUT2D eigenvalue weighted by atomic mass is 10.2. The molecule has 1 aliphatic heterocycles. The zero-order chi connectivity index (χ0) is 22.9. The Morgan fingerprint density at radius 3 is 2.50 bits per heavy atom. The van der Waals surface area contributed by atoms with E-state index in [0.717, 1.165) is 12.8 Å². The van der Waals surface area contributed by atoms with Crippen molar-refractivity contribution in [2.75, 3.05) is 17.2 Å². The molecule has 3 amide bonds. The Morgan fingerprint density at radius 2 is 1.91 bits per heavy atom. The first kappa shape index (κ1) is 22.6. The lowest BCUT2D eigenvalue weighted by Crippen LogP contribution is -2.47. The zero-order valence-corrected chi connectivity index (χ0v) is 19.9. The van der Waals surface area contributed by atoms with E-state index in [0.29, 0.717) is 28.7 Å². The minimum absolute atomic E-state index is 0.117. The fourth-order valence-electron chi connectivity index (χ4n) is 3.21. The van der Waals surface area contributed by atoms with Gasteiger partial charge >= 0.3 is 6.09 Å². The predicted octanol–water partition coefficient (Wildman–Crippen LogP) is 4.01. The van der Waals surface area contributed by atoms with E-state index in [4.69, 9.17) is 4.74 Å². The van der Waals surface area contributed by atoms with Gasteiger partial charge in [0.1, 0.15) is 5.60 Å². The molecule has 2 aromatic rings. The topological polar surface area (TPSA) is 91.8 Å². The van der Waals surface area contributed by atoms with Gasteiger partial charge < -0.3 is 10.1 Å². The maximum Gasteiger partial charge on any atom is 0.411 e. The average molecular weight is 475 g/mol. The number of anilines is 2. The average Bonchev–Trinajstić information content (AvgIpc) is 3.19. The number of thiazole rings is 1. The number of ether oxygens (including phenoxy) is 1. The van der Waals surface area contributed by atoms with Crippen molar-refractivity contribution in [1.82, 2.24) is 15.2 Å². The highest BCUT2D eigenvalue weighted by Gasteiger charge is 2.40. The lowest BCUT2D eigenvalue weighted by molar-refractivity contribution is -0.120. The molecule has 8 nitrogen and oxygen atoms in total. The molecule has 1 atom stereocenters. The second-order valence-corrected chi connectivity index (χ2v) is 10.7. The van der Waals surface area contributed by atoms with E-state index in [1.807, 2.05) is 0 Å². The molecule has 0 radical (unpaired) electrons. The Morgan fingerprint density at radius 1 is 1.19 bits per heavy atom. The molecule has 2 heterocycles. The molecule has 10 heteroatoms. The number of aromatic nitrogens is 1. The summed E-state index contributed by atoms with van der Waals surface area (Å²) in [6.45, 7) is 5.83. The van der Waals surface area contributed by atoms with Crippen LogP contribution in [-0.4, -0.2) is 57.1 Å². The molecule has 0 bridgehead atoms. The van der Waals surface area contributed by atoms with Crippen LogP contribution < -0.4 is 10.2 Å². The summed E-state index contributed by atoms with van der Waals surface area (Å²) < 4.78 is 5.50. The van der Waals surface area contributed by atoms with Gasteiger partial charge in [0, 0.05) is 35.5 Å². The van der Waals surface area contributed by atoms with Gasteiger partial charge in [0.25, 0.3) is 11.8 Å². The van der Waals surface area contributed by atoms with Gasteiger partial charge in [-0.05, 0) is 57.9 Å². The number of hydrogen-bond acceptors (Lipinski definition) is 7. The van der Waals surface area contributed by atoms with Gasteiger partial charge in [-0.25, -0.2) is 9.78 Å². The van der Waals surface area contributed by atoms with Crippen molar-refractivity contribution in [3.63, 3.8) is 0 Å². The SMILES string of the molecule is CC(C)(C)OC(=O)N1CCSC1C(=O)N(c1ccc(C(=O)NC2CC2)cc1)c1nccs1. The molecule has 2 aliphatic rings. The molecule has 1 aromatic heterocycles. The van der Waals surface area contributed by atoms with Gasteiger partial charge in [0.05, 0.1) is 5.69 Å². The van der Waals surface area contributed by atoms with Gasteiger partial charge in [-0.15, -0.1) is 23.1 Å². The number of thioether (sulfide) groups is 1. The largest absolute Gasteiger partial charge is 0.444 e. The van der Waals surface area contributed by atoms with Gasteiger partial charge in [0.15, 0.2) is 10.5 Å². The van der Waals surface area contributed by atoms with E-state index in [9.17, 15) is 14.4 Å². The minimum Gasteiger partial charge on any atom is -0.444 e. The number of carbonyl (C=O) groups is 3. The van der Waals surface area contributed by atoms with Crippen molar-refractivity contribution in [2.24, 2.45) is 0 Å². The third-order valence-corrected chi connectivity index (χ3v) is 6.81. The molecule has 1 aromatic carbocycles. The second kappa shape index (κ2) is 9.11. The van der Waals surface area contributed by atoms with Crippen LogP contribution in [-0.2, 0) is 9.53 Å². The van der Waals surface area contributed by atoms with Crippen LogP contribution >= 0.6 is 23.1 Å². The van der Waals surface area contributed by atoms with Gasteiger partial charge in [-0.3, -0.25) is 19.4 Å². The molecule has 32 heavy (non-hydrogen) atoms. The molecule has 1 saturated heterocycles. The summed E-state index contributed by atoms with van der Waals surface area (Å²) in [6.07, 6.45) is 3.16. The standard InChI is InChI=1S/C22H26N4O4S2/c1-22(2,3)30-21(29)25-11-13-31-19(25)18(28)26(20-23-10-12-32-20)16-8-4-14(5-9-16)17(27)24-15-6-7-15/h4-5,8-10,12,15,19H,6-7,11,13H2,1-3H3,(H,24,27). The van der Waals surface area contributed by atoms with Crippen LogP contribution in [0.2, 0.25) is 0 Å². The Bertz CT molecular complexity index is 984.